The van der Waals surface area contributed by atoms with Gasteiger partial charge in [-0.15, -0.1) is 5.10 Å². The van der Waals surface area contributed by atoms with E-state index in [0.717, 1.165) is 0 Å². The molecule has 0 aliphatic rings. The Morgan fingerprint density at radius 3 is 2.79 bits per heavy atom. The van der Waals surface area contributed by atoms with Crippen molar-refractivity contribution in [1.82, 2.24) is 14.6 Å². The van der Waals surface area contributed by atoms with Crippen molar-refractivity contribution in [2.24, 2.45) is 0 Å². The van der Waals surface area contributed by atoms with E-state index in [1.54, 1.807) is 22.7 Å². The van der Waals surface area contributed by atoms with Crippen LogP contribution in [0.5, 0.6) is 5.75 Å². The van der Waals surface area contributed by atoms with Gasteiger partial charge in [0.2, 0.25) is 0 Å². The molecule has 0 atom stereocenters. The number of para-hydroxylation sites is 1. The Morgan fingerprint density at radius 1 is 1.16 bits per heavy atom. The Bertz CT molecular complexity index is 725. The van der Waals surface area contributed by atoms with Gasteiger partial charge in [-0.3, -0.25) is 0 Å². The van der Waals surface area contributed by atoms with Crippen molar-refractivity contribution in [3.63, 3.8) is 0 Å². The molecule has 0 aliphatic heterocycles. The van der Waals surface area contributed by atoms with E-state index in [2.05, 4.69) is 10.1 Å². The number of aromatic nitrogens is 3. The largest absolute Gasteiger partial charge is 0.484 e. The van der Waals surface area contributed by atoms with Crippen LogP contribution in [0.1, 0.15) is 5.82 Å². The first-order chi connectivity index (χ1) is 9.24. The van der Waals surface area contributed by atoms with Crippen LogP contribution < -0.4 is 10.5 Å². The number of rotatable bonds is 3. The molecule has 2 N–H and O–H groups in total. The lowest BCUT2D eigenvalue weighted by Gasteiger charge is -2.04. The molecule has 0 fully saturated rings. The average Bonchev–Trinajstić information content (AvgIpc) is 2.82. The molecular formula is C13H11ClN4O. The van der Waals surface area contributed by atoms with Gasteiger partial charge in [0.05, 0.1) is 5.02 Å². The van der Waals surface area contributed by atoms with Crippen molar-refractivity contribution < 1.29 is 4.74 Å². The van der Waals surface area contributed by atoms with E-state index in [9.17, 15) is 0 Å². The maximum absolute atomic E-state index is 6.00. The summed E-state index contributed by atoms with van der Waals surface area (Å²) in [6.45, 7) is 0.241. The van der Waals surface area contributed by atoms with Crippen LogP contribution >= 0.6 is 11.6 Å². The van der Waals surface area contributed by atoms with Crippen LogP contribution in [0.2, 0.25) is 5.02 Å². The number of nitrogens with two attached hydrogens (primary N) is 1. The molecule has 2 heterocycles. The summed E-state index contributed by atoms with van der Waals surface area (Å²) in [5.74, 6) is 1.70. The van der Waals surface area contributed by atoms with Crippen molar-refractivity contribution in [2.45, 2.75) is 6.61 Å². The topological polar surface area (TPSA) is 65.4 Å². The van der Waals surface area contributed by atoms with Crippen LogP contribution in [-0.2, 0) is 6.61 Å². The van der Waals surface area contributed by atoms with Crippen LogP contribution in [-0.4, -0.2) is 14.6 Å². The van der Waals surface area contributed by atoms with E-state index in [1.165, 1.54) is 0 Å². The van der Waals surface area contributed by atoms with Gasteiger partial charge in [0.25, 0.3) is 0 Å². The molecule has 0 saturated heterocycles. The second kappa shape index (κ2) is 4.78. The van der Waals surface area contributed by atoms with Crippen LogP contribution in [0, 0.1) is 0 Å². The lowest BCUT2D eigenvalue weighted by molar-refractivity contribution is 0.296. The van der Waals surface area contributed by atoms with E-state index >= 15 is 0 Å². The van der Waals surface area contributed by atoms with Crippen LogP contribution in [0.3, 0.4) is 0 Å². The summed E-state index contributed by atoms with van der Waals surface area (Å²) in [6.07, 6.45) is 0. The Morgan fingerprint density at radius 2 is 2.00 bits per heavy atom. The van der Waals surface area contributed by atoms with Crippen LogP contribution in [0.25, 0.3) is 5.65 Å². The number of hydrogen-bond donors (Lipinski definition) is 1. The second-order valence-corrected chi connectivity index (χ2v) is 4.37. The lowest BCUT2D eigenvalue weighted by Crippen LogP contribution is -2.00. The van der Waals surface area contributed by atoms with Gasteiger partial charge >= 0.3 is 0 Å². The Hall–Kier alpha value is -2.27. The van der Waals surface area contributed by atoms with Crippen molar-refractivity contribution in [2.75, 3.05) is 5.73 Å². The maximum Gasteiger partial charge on any atom is 0.189 e. The van der Waals surface area contributed by atoms with Crippen molar-refractivity contribution in [3.8, 4) is 5.75 Å². The van der Waals surface area contributed by atoms with Gasteiger partial charge in [0.15, 0.2) is 11.5 Å². The minimum atomic E-state index is 0.241. The smallest absolute Gasteiger partial charge is 0.189 e. The predicted molar refractivity (Wildman–Crippen MR) is 73.2 cm³/mol. The molecule has 2 aromatic heterocycles. The zero-order valence-corrected chi connectivity index (χ0v) is 10.7. The molecule has 0 radical (unpaired) electrons. The zero-order chi connectivity index (χ0) is 13.2. The number of nitrogens with zero attached hydrogens (tertiary/aromatic N) is 3. The summed E-state index contributed by atoms with van der Waals surface area (Å²) in [7, 11) is 0. The molecule has 0 saturated carbocycles. The normalized spacial score (nSPS) is 10.8. The molecule has 3 aromatic rings. The van der Waals surface area contributed by atoms with Gasteiger partial charge in [-0.1, -0.05) is 29.8 Å². The number of ether oxygens (including phenoxy) is 1. The van der Waals surface area contributed by atoms with Gasteiger partial charge in [0.1, 0.15) is 18.2 Å². The van der Waals surface area contributed by atoms with E-state index in [4.69, 9.17) is 22.1 Å². The highest BCUT2D eigenvalue weighted by Crippen LogP contribution is 2.23. The Labute approximate surface area is 114 Å². The van der Waals surface area contributed by atoms with Gasteiger partial charge in [-0.25, -0.2) is 4.98 Å². The first kappa shape index (κ1) is 11.8. The van der Waals surface area contributed by atoms with Crippen molar-refractivity contribution >= 4 is 23.1 Å². The predicted octanol–water partition coefficient (Wildman–Crippen LogP) is 2.54. The molecule has 0 unspecified atom stereocenters. The molecule has 6 heteroatoms. The minimum Gasteiger partial charge on any atom is -0.484 e. The molecule has 96 valence electrons. The maximum atomic E-state index is 6.00. The number of hydrogen-bond acceptors (Lipinski definition) is 4. The highest BCUT2D eigenvalue weighted by molar-refractivity contribution is 6.32. The molecule has 0 amide bonds. The fraction of sp³-hybridized carbons (Fsp3) is 0.0769. The zero-order valence-electron chi connectivity index (χ0n) is 9.95. The van der Waals surface area contributed by atoms with Gasteiger partial charge in [-0.05, 0) is 24.3 Å². The molecule has 5 nitrogen and oxygen atoms in total. The molecule has 0 spiro atoms. The van der Waals surface area contributed by atoms with Crippen molar-refractivity contribution in [3.05, 3.63) is 53.3 Å². The Balaban J connectivity index is 1.83. The summed E-state index contributed by atoms with van der Waals surface area (Å²) < 4.78 is 7.16. The molecule has 0 bridgehead atoms. The summed E-state index contributed by atoms with van der Waals surface area (Å²) in [5.41, 5.74) is 6.49. The summed E-state index contributed by atoms with van der Waals surface area (Å²) >= 11 is 6.00. The van der Waals surface area contributed by atoms with Crippen LogP contribution in [0.4, 0.5) is 5.82 Å². The standard InChI is InChI=1S/C13H11ClN4O/c14-9-4-1-2-5-10(9)19-8-12-16-13-7-3-6-11(15)18(13)17-12/h1-7H,8,15H2. The summed E-state index contributed by atoms with van der Waals surface area (Å²) in [6, 6.07) is 12.7. The number of nitrogen functional groups attached to an aromatic ring is 1. The Kier molecular flexibility index (Phi) is 2.97. The first-order valence-corrected chi connectivity index (χ1v) is 6.09. The highest BCUT2D eigenvalue weighted by atomic mass is 35.5. The molecule has 3 rings (SSSR count). The van der Waals surface area contributed by atoms with Gasteiger partial charge in [0, 0.05) is 0 Å². The lowest BCUT2D eigenvalue weighted by atomic mass is 10.3. The first-order valence-electron chi connectivity index (χ1n) is 5.71. The van der Waals surface area contributed by atoms with Gasteiger partial charge < -0.3 is 10.5 Å². The number of fused-ring (bicyclic) bond motifs is 1. The SMILES string of the molecule is Nc1cccc2nc(COc3ccccc3Cl)nn12. The van der Waals surface area contributed by atoms with E-state index in [-0.39, 0.29) is 6.61 Å². The molecule has 19 heavy (non-hydrogen) atoms. The highest BCUT2D eigenvalue weighted by Gasteiger charge is 2.07. The third kappa shape index (κ3) is 2.32. The monoisotopic (exact) mass is 274 g/mol. The fourth-order valence-corrected chi connectivity index (χ4v) is 1.93. The van der Waals surface area contributed by atoms with Crippen molar-refractivity contribution in [1.29, 1.82) is 0 Å². The average molecular weight is 275 g/mol. The fourth-order valence-electron chi connectivity index (χ4n) is 1.74. The van der Waals surface area contributed by atoms with E-state index in [1.807, 2.05) is 24.3 Å². The number of anilines is 1. The third-order valence-electron chi connectivity index (χ3n) is 2.63. The minimum absolute atomic E-state index is 0.241. The summed E-state index contributed by atoms with van der Waals surface area (Å²) in [4.78, 5) is 4.32. The number of pyridine rings is 1. The third-order valence-corrected chi connectivity index (χ3v) is 2.94. The van der Waals surface area contributed by atoms with Gasteiger partial charge in [-0.2, -0.15) is 4.52 Å². The summed E-state index contributed by atoms with van der Waals surface area (Å²) in [5, 5.41) is 4.83. The number of halogens is 1. The van der Waals surface area contributed by atoms with E-state index < -0.39 is 0 Å². The second-order valence-electron chi connectivity index (χ2n) is 3.97. The van der Waals surface area contributed by atoms with E-state index in [0.29, 0.717) is 28.1 Å². The van der Waals surface area contributed by atoms with Crippen LogP contribution in [0.15, 0.2) is 42.5 Å². The molecule has 0 aliphatic carbocycles. The molecule has 1 aromatic carbocycles. The number of benzene rings is 1. The molecular weight excluding hydrogens is 264 g/mol. The quantitative estimate of drug-likeness (QED) is 0.797.